The van der Waals surface area contributed by atoms with Crippen molar-refractivity contribution in [3.05, 3.63) is 29.8 Å². The molecular formula is C16H25N. The zero-order chi connectivity index (χ0) is 12.1. The Morgan fingerprint density at radius 1 is 1.12 bits per heavy atom. The van der Waals surface area contributed by atoms with Gasteiger partial charge in [0.1, 0.15) is 0 Å². The zero-order valence-electron chi connectivity index (χ0n) is 11.3. The third kappa shape index (κ3) is 2.83. The molecule has 0 fully saturated rings. The predicted molar refractivity (Wildman–Crippen MR) is 75.7 cm³/mol. The third-order valence-electron chi connectivity index (χ3n) is 3.84. The highest BCUT2D eigenvalue weighted by atomic mass is 15.2. The molecule has 1 aromatic rings. The molecule has 1 heterocycles. The first-order chi connectivity index (χ1) is 8.36. The van der Waals surface area contributed by atoms with Crippen molar-refractivity contribution in [3.63, 3.8) is 0 Å². The molecule has 0 radical (unpaired) electrons. The normalized spacial score (nSPS) is 18.5. The second kappa shape index (κ2) is 6.09. The summed E-state index contributed by atoms with van der Waals surface area (Å²) in [5.41, 5.74) is 3.06. The number of benzene rings is 1. The number of rotatable bonds is 6. The van der Waals surface area contributed by atoms with Crippen LogP contribution in [0.2, 0.25) is 0 Å². The van der Waals surface area contributed by atoms with Gasteiger partial charge < -0.3 is 4.90 Å². The molecule has 2 rings (SSSR count). The minimum Gasteiger partial charge on any atom is -0.368 e. The topological polar surface area (TPSA) is 3.24 Å². The second-order valence-electron chi connectivity index (χ2n) is 5.18. The van der Waals surface area contributed by atoms with Crippen molar-refractivity contribution >= 4 is 5.69 Å². The van der Waals surface area contributed by atoms with Crippen LogP contribution in [0.15, 0.2) is 24.3 Å². The molecule has 0 aromatic heterocycles. The Morgan fingerprint density at radius 3 is 2.65 bits per heavy atom. The molecule has 1 atom stereocenters. The van der Waals surface area contributed by atoms with E-state index in [1.165, 1.54) is 50.8 Å². The van der Waals surface area contributed by atoms with Crippen molar-refractivity contribution < 1.29 is 0 Å². The minimum absolute atomic E-state index is 0.763. The van der Waals surface area contributed by atoms with Crippen LogP contribution in [0.3, 0.4) is 0 Å². The van der Waals surface area contributed by atoms with Crippen molar-refractivity contribution in [1.29, 1.82) is 0 Å². The highest BCUT2D eigenvalue weighted by Crippen LogP contribution is 2.34. The largest absolute Gasteiger partial charge is 0.368 e. The number of anilines is 1. The van der Waals surface area contributed by atoms with Gasteiger partial charge in [-0.25, -0.2) is 0 Å². The van der Waals surface area contributed by atoms with Gasteiger partial charge in [0.25, 0.3) is 0 Å². The minimum atomic E-state index is 0.763. The van der Waals surface area contributed by atoms with Gasteiger partial charge in [0, 0.05) is 18.3 Å². The van der Waals surface area contributed by atoms with Gasteiger partial charge in [0.05, 0.1) is 0 Å². The van der Waals surface area contributed by atoms with Gasteiger partial charge in [-0.15, -0.1) is 0 Å². The van der Waals surface area contributed by atoms with Crippen molar-refractivity contribution in [3.8, 4) is 0 Å². The lowest BCUT2D eigenvalue weighted by atomic mass is 10.0. The van der Waals surface area contributed by atoms with Gasteiger partial charge in [0.15, 0.2) is 0 Å². The van der Waals surface area contributed by atoms with Gasteiger partial charge in [-0.2, -0.15) is 0 Å². The number of hydrogen-bond donors (Lipinski definition) is 0. The Kier molecular flexibility index (Phi) is 4.47. The monoisotopic (exact) mass is 231 g/mol. The average Bonchev–Trinajstić information content (AvgIpc) is 2.71. The summed E-state index contributed by atoms with van der Waals surface area (Å²) in [6.45, 7) is 5.81. The van der Waals surface area contributed by atoms with Crippen LogP contribution in [0, 0.1) is 0 Å². The van der Waals surface area contributed by atoms with Crippen LogP contribution in [0.4, 0.5) is 5.69 Å². The SMILES string of the molecule is CCCCC1Cc2ccccc2N1CCCC. The molecule has 1 nitrogen and oxygen atoms in total. The van der Waals surface area contributed by atoms with E-state index in [-0.39, 0.29) is 0 Å². The van der Waals surface area contributed by atoms with E-state index < -0.39 is 0 Å². The van der Waals surface area contributed by atoms with Crippen LogP contribution in [-0.4, -0.2) is 12.6 Å². The van der Waals surface area contributed by atoms with Gasteiger partial charge in [-0.1, -0.05) is 51.3 Å². The van der Waals surface area contributed by atoms with Gasteiger partial charge in [0.2, 0.25) is 0 Å². The standard InChI is InChI=1S/C16H25N/c1-3-5-10-15-13-14-9-7-8-11-16(14)17(15)12-6-4-2/h7-9,11,15H,3-6,10,12-13H2,1-2H3. The van der Waals surface area contributed by atoms with E-state index >= 15 is 0 Å². The molecule has 0 bridgehead atoms. The summed E-state index contributed by atoms with van der Waals surface area (Å²) in [4.78, 5) is 2.66. The number of para-hydroxylation sites is 1. The summed E-state index contributed by atoms with van der Waals surface area (Å²) in [5.74, 6) is 0. The zero-order valence-corrected chi connectivity index (χ0v) is 11.3. The fraction of sp³-hybridized carbons (Fsp3) is 0.625. The number of fused-ring (bicyclic) bond motifs is 1. The smallest absolute Gasteiger partial charge is 0.0402 e. The maximum Gasteiger partial charge on any atom is 0.0402 e. The fourth-order valence-corrected chi connectivity index (χ4v) is 2.85. The molecule has 0 N–H and O–H groups in total. The molecule has 0 saturated carbocycles. The third-order valence-corrected chi connectivity index (χ3v) is 3.84. The van der Waals surface area contributed by atoms with E-state index in [0.29, 0.717) is 0 Å². The van der Waals surface area contributed by atoms with Crippen molar-refractivity contribution in [2.45, 2.75) is 58.4 Å². The maximum absolute atomic E-state index is 2.66. The molecule has 1 aliphatic rings. The molecule has 1 aromatic carbocycles. The molecule has 1 aliphatic heterocycles. The number of hydrogen-bond acceptors (Lipinski definition) is 1. The molecule has 0 saturated heterocycles. The van der Waals surface area contributed by atoms with E-state index in [1.807, 2.05) is 0 Å². The maximum atomic E-state index is 2.66. The molecule has 0 amide bonds. The summed E-state index contributed by atoms with van der Waals surface area (Å²) in [6.07, 6.45) is 7.90. The van der Waals surface area contributed by atoms with Crippen LogP contribution >= 0.6 is 0 Å². The Balaban J connectivity index is 2.09. The van der Waals surface area contributed by atoms with Crippen molar-refractivity contribution in [1.82, 2.24) is 0 Å². The molecule has 17 heavy (non-hydrogen) atoms. The Bertz CT molecular complexity index is 345. The Hall–Kier alpha value is -0.980. The van der Waals surface area contributed by atoms with Gasteiger partial charge in [-0.05, 0) is 30.9 Å². The van der Waals surface area contributed by atoms with E-state index in [1.54, 1.807) is 5.56 Å². The van der Waals surface area contributed by atoms with Crippen LogP contribution in [-0.2, 0) is 6.42 Å². The molecule has 94 valence electrons. The molecule has 1 heteroatoms. The van der Waals surface area contributed by atoms with E-state index in [4.69, 9.17) is 0 Å². The summed E-state index contributed by atoms with van der Waals surface area (Å²) < 4.78 is 0. The van der Waals surface area contributed by atoms with E-state index in [9.17, 15) is 0 Å². The summed E-state index contributed by atoms with van der Waals surface area (Å²) >= 11 is 0. The average molecular weight is 231 g/mol. The molecule has 0 aliphatic carbocycles. The molecular weight excluding hydrogens is 206 g/mol. The Labute approximate surface area is 106 Å². The van der Waals surface area contributed by atoms with Crippen LogP contribution in [0.1, 0.15) is 51.5 Å². The lowest BCUT2D eigenvalue weighted by Crippen LogP contribution is -2.32. The first-order valence-corrected chi connectivity index (χ1v) is 7.21. The fourth-order valence-electron chi connectivity index (χ4n) is 2.85. The number of nitrogens with zero attached hydrogens (tertiary/aromatic N) is 1. The first-order valence-electron chi connectivity index (χ1n) is 7.21. The highest BCUT2D eigenvalue weighted by molar-refractivity contribution is 5.59. The summed E-state index contributed by atoms with van der Waals surface area (Å²) in [7, 11) is 0. The lowest BCUT2D eigenvalue weighted by molar-refractivity contribution is 0.539. The lowest BCUT2D eigenvalue weighted by Gasteiger charge is -2.27. The Morgan fingerprint density at radius 2 is 1.88 bits per heavy atom. The van der Waals surface area contributed by atoms with Crippen LogP contribution in [0.5, 0.6) is 0 Å². The van der Waals surface area contributed by atoms with E-state index in [2.05, 4.69) is 43.0 Å². The second-order valence-corrected chi connectivity index (χ2v) is 5.18. The predicted octanol–water partition coefficient (Wildman–Crippen LogP) is 4.41. The summed E-state index contributed by atoms with van der Waals surface area (Å²) in [6, 6.07) is 9.73. The van der Waals surface area contributed by atoms with Crippen molar-refractivity contribution in [2.24, 2.45) is 0 Å². The molecule has 1 unspecified atom stereocenters. The highest BCUT2D eigenvalue weighted by Gasteiger charge is 2.27. The van der Waals surface area contributed by atoms with Crippen LogP contribution in [0.25, 0.3) is 0 Å². The first kappa shape index (κ1) is 12.5. The van der Waals surface area contributed by atoms with Gasteiger partial charge >= 0.3 is 0 Å². The number of unbranched alkanes of at least 4 members (excludes halogenated alkanes) is 2. The van der Waals surface area contributed by atoms with E-state index in [0.717, 1.165) is 6.04 Å². The quantitative estimate of drug-likeness (QED) is 0.701. The van der Waals surface area contributed by atoms with Crippen LogP contribution < -0.4 is 4.90 Å². The summed E-state index contributed by atoms with van der Waals surface area (Å²) in [5, 5.41) is 0. The van der Waals surface area contributed by atoms with Gasteiger partial charge in [-0.3, -0.25) is 0 Å². The molecule has 0 spiro atoms. The van der Waals surface area contributed by atoms with Crippen molar-refractivity contribution in [2.75, 3.05) is 11.4 Å².